The van der Waals surface area contributed by atoms with Crippen molar-refractivity contribution in [2.24, 2.45) is 5.92 Å². The Morgan fingerprint density at radius 1 is 1.56 bits per heavy atom. The fourth-order valence-corrected chi connectivity index (χ4v) is 2.28. The molecular weight excluding hydrogens is 206 g/mol. The number of carboxylic acid groups (broad SMARTS) is 1. The highest BCUT2D eigenvalue weighted by Crippen LogP contribution is 2.23. The van der Waals surface area contributed by atoms with E-state index in [0.29, 0.717) is 12.0 Å². The Balaban J connectivity index is 2.53. The summed E-state index contributed by atoms with van der Waals surface area (Å²) in [4.78, 5) is 12.8. The monoisotopic (exact) mass is 229 g/mol. The number of ether oxygens (including phenoxy) is 1. The van der Waals surface area contributed by atoms with Crippen LogP contribution in [0.25, 0.3) is 0 Å². The van der Waals surface area contributed by atoms with E-state index in [1.54, 1.807) is 0 Å². The van der Waals surface area contributed by atoms with Crippen LogP contribution in [0.2, 0.25) is 0 Å². The van der Waals surface area contributed by atoms with E-state index in [9.17, 15) is 4.79 Å². The van der Waals surface area contributed by atoms with Crippen LogP contribution in [0.3, 0.4) is 0 Å². The third-order valence-corrected chi connectivity index (χ3v) is 3.29. The second kappa shape index (κ2) is 6.21. The summed E-state index contributed by atoms with van der Waals surface area (Å²) < 4.78 is 5.70. The lowest BCUT2D eigenvalue weighted by molar-refractivity contribution is -0.140. The second-order valence-corrected chi connectivity index (χ2v) is 4.79. The van der Waals surface area contributed by atoms with E-state index in [4.69, 9.17) is 9.84 Å². The summed E-state index contributed by atoms with van der Waals surface area (Å²) >= 11 is 0. The van der Waals surface area contributed by atoms with Gasteiger partial charge in [-0.3, -0.25) is 9.69 Å². The summed E-state index contributed by atoms with van der Waals surface area (Å²) in [7, 11) is 0. The van der Waals surface area contributed by atoms with Crippen molar-refractivity contribution >= 4 is 5.97 Å². The maximum absolute atomic E-state index is 10.8. The number of hydrogen-bond donors (Lipinski definition) is 1. The van der Waals surface area contributed by atoms with E-state index >= 15 is 0 Å². The molecule has 0 radical (unpaired) electrons. The normalized spacial score (nSPS) is 26.3. The molecule has 0 amide bonds. The summed E-state index contributed by atoms with van der Waals surface area (Å²) in [5.74, 6) is -0.235. The molecule has 0 aliphatic carbocycles. The van der Waals surface area contributed by atoms with Gasteiger partial charge in [0.2, 0.25) is 0 Å². The molecule has 1 saturated heterocycles. The van der Waals surface area contributed by atoms with E-state index in [1.165, 1.54) is 0 Å². The predicted molar refractivity (Wildman–Crippen MR) is 62.5 cm³/mol. The van der Waals surface area contributed by atoms with Crippen molar-refractivity contribution in [2.75, 3.05) is 19.7 Å². The van der Waals surface area contributed by atoms with Gasteiger partial charge in [0.05, 0.1) is 12.6 Å². The van der Waals surface area contributed by atoms with E-state index in [-0.39, 0.29) is 12.6 Å². The largest absolute Gasteiger partial charge is 0.480 e. The van der Waals surface area contributed by atoms with Crippen molar-refractivity contribution in [2.45, 2.75) is 45.8 Å². The van der Waals surface area contributed by atoms with Crippen LogP contribution in [0, 0.1) is 5.92 Å². The van der Waals surface area contributed by atoms with Crippen LogP contribution >= 0.6 is 0 Å². The molecular formula is C12H23NO3. The maximum Gasteiger partial charge on any atom is 0.317 e. The molecule has 2 unspecified atom stereocenters. The second-order valence-electron chi connectivity index (χ2n) is 4.79. The molecule has 94 valence electrons. The van der Waals surface area contributed by atoms with Crippen LogP contribution in [0.1, 0.15) is 33.6 Å². The van der Waals surface area contributed by atoms with Gasteiger partial charge in [-0.2, -0.15) is 0 Å². The molecule has 1 aliphatic rings. The summed E-state index contributed by atoms with van der Waals surface area (Å²) in [5.41, 5.74) is 0. The van der Waals surface area contributed by atoms with Crippen LogP contribution in [0.5, 0.6) is 0 Å². The molecule has 1 heterocycles. The SMILES string of the molecule is CCN(CC(=O)O)C1CCOC(C(C)C)C1. The number of rotatable bonds is 5. The first-order valence-electron chi connectivity index (χ1n) is 6.12. The zero-order valence-electron chi connectivity index (χ0n) is 10.5. The number of carboxylic acids is 1. The van der Waals surface area contributed by atoms with E-state index < -0.39 is 5.97 Å². The van der Waals surface area contributed by atoms with Gasteiger partial charge in [0.25, 0.3) is 0 Å². The highest BCUT2D eigenvalue weighted by molar-refractivity contribution is 5.69. The van der Waals surface area contributed by atoms with Gasteiger partial charge in [-0.15, -0.1) is 0 Å². The molecule has 16 heavy (non-hydrogen) atoms. The van der Waals surface area contributed by atoms with E-state index in [0.717, 1.165) is 26.0 Å². The number of hydrogen-bond acceptors (Lipinski definition) is 3. The molecule has 4 nitrogen and oxygen atoms in total. The Morgan fingerprint density at radius 2 is 2.25 bits per heavy atom. The number of aliphatic carboxylic acids is 1. The van der Waals surface area contributed by atoms with Crippen molar-refractivity contribution in [1.29, 1.82) is 0 Å². The molecule has 0 aromatic heterocycles. The Hall–Kier alpha value is -0.610. The number of likely N-dealkylation sites (N-methyl/N-ethyl adjacent to an activating group) is 1. The zero-order valence-corrected chi connectivity index (χ0v) is 10.5. The minimum atomic E-state index is -0.741. The van der Waals surface area contributed by atoms with Gasteiger partial charge in [-0.1, -0.05) is 20.8 Å². The van der Waals surface area contributed by atoms with Gasteiger partial charge < -0.3 is 9.84 Å². The van der Waals surface area contributed by atoms with Crippen molar-refractivity contribution in [3.8, 4) is 0 Å². The Labute approximate surface area is 97.6 Å². The van der Waals surface area contributed by atoms with Crippen molar-refractivity contribution in [1.82, 2.24) is 4.90 Å². The molecule has 1 fully saturated rings. The minimum Gasteiger partial charge on any atom is -0.480 e. The van der Waals surface area contributed by atoms with E-state index in [2.05, 4.69) is 13.8 Å². The molecule has 0 spiro atoms. The lowest BCUT2D eigenvalue weighted by atomic mass is 9.94. The van der Waals surface area contributed by atoms with Crippen molar-refractivity contribution < 1.29 is 14.6 Å². The standard InChI is InChI=1S/C12H23NO3/c1-4-13(8-12(14)15)10-5-6-16-11(7-10)9(2)3/h9-11H,4-8H2,1-3H3,(H,14,15). The first-order chi connectivity index (χ1) is 7.54. The zero-order chi connectivity index (χ0) is 12.1. The van der Waals surface area contributed by atoms with Crippen LogP contribution < -0.4 is 0 Å². The van der Waals surface area contributed by atoms with Gasteiger partial charge in [0.15, 0.2) is 0 Å². The lowest BCUT2D eigenvalue weighted by Gasteiger charge is -2.37. The average Bonchev–Trinajstić information content (AvgIpc) is 2.25. The lowest BCUT2D eigenvalue weighted by Crippen LogP contribution is -2.45. The highest BCUT2D eigenvalue weighted by atomic mass is 16.5. The molecule has 1 rings (SSSR count). The van der Waals surface area contributed by atoms with Crippen LogP contribution in [-0.4, -0.2) is 47.8 Å². The van der Waals surface area contributed by atoms with Crippen LogP contribution in [0.4, 0.5) is 0 Å². The highest BCUT2D eigenvalue weighted by Gasteiger charge is 2.28. The molecule has 1 aliphatic heterocycles. The van der Waals surface area contributed by atoms with Crippen LogP contribution in [-0.2, 0) is 9.53 Å². The molecule has 2 atom stereocenters. The summed E-state index contributed by atoms with van der Waals surface area (Å²) in [6.45, 7) is 8.02. The molecule has 0 aromatic carbocycles. The van der Waals surface area contributed by atoms with E-state index in [1.807, 2.05) is 11.8 Å². The maximum atomic E-state index is 10.8. The minimum absolute atomic E-state index is 0.145. The Morgan fingerprint density at radius 3 is 2.75 bits per heavy atom. The van der Waals surface area contributed by atoms with Gasteiger partial charge in [-0.05, 0) is 25.3 Å². The smallest absolute Gasteiger partial charge is 0.317 e. The summed E-state index contributed by atoms with van der Waals surface area (Å²) in [6.07, 6.45) is 2.19. The average molecular weight is 229 g/mol. The van der Waals surface area contributed by atoms with Crippen molar-refractivity contribution in [3.63, 3.8) is 0 Å². The fourth-order valence-electron chi connectivity index (χ4n) is 2.28. The molecule has 0 saturated carbocycles. The Bertz CT molecular complexity index is 230. The molecule has 1 N–H and O–H groups in total. The number of nitrogens with zero attached hydrogens (tertiary/aromatic N) is 1. The predicted octanol–water partition coefficient (Wildman–Crippen LogP) is 1.60. The third kappa shape index (κ3) is 3.76. The van der Waals surface area contributed by atoms with Gasteiger partial charge in [0.1, 0.15) is 0 Å². The number of carbonyl (C=O) groups is 1. The van der Waals surface area contributed by atoms with Gasteiger partial charge >= 0.3 is 5.97 Å². The van der Waals surface area contributed by atoms with Crippen LogP contribution in [0.15, 0.2) is 0 Å². The quantitative estimate of drug-likeness (QED) is 0.778. The van der Waals surface area contributed by atoms with Crippen molar-refractivity contribution in [3.05, 3.63) is 0 Å². The summed E-state index contributed by atoms with van der Waals surface area (Å²) in [5, 5.41) is 8.85. The third-order valence-electron chi connectivity index (χ3n) is 3.29. The first kappa shape index (κ1) is 13.5. The Kier molecular flexibility index (Phi) is 5.22. The van der Waals surface area contributed by atoms with Gasteiger partial charge in [-0.25, -0.2) is 0 Å². The van der Waals surface area contributed by atoms with Gasteiger partial charge in [0, 0.05) is 12.6 Å². The molecule has 4 heteroatoms. The fraction of sp³-hybridized carbons (Fsp3) is 0.917. The molecule has 0 aromatic rings. The molecule has 0 bridgehead atoms. The first-order valence-corrected chi connectivity index (χ1v) is 6.12. The summed E-state index contributed by atoms with van der Waals surface area (Å²) in [6, 6.07) is 0.363. The topological polar surface area (TPSA) is 49.8 Å².